The first-order valence-corrected chi connectivity index (χ1v) is 6.98. The number of carboxylic acid groups (broad SMARTS) is 1. The molecule has 0 aromatic carbocycles. The fourth-order valence-electron chi connectivity index (χ4n) is 2.19. The molecule has 0 bridgehead atoms. The maximum atomic E-state index is 10.6. The van der Waals surface area contributed by atoms with Crippen molar-refractivity contribution in [3.63, 3.8) is 0 Å². The van der Waals surface area contributed by atoms with Crippen LogP contribution in [0.2, 0.25) is 5.15 Å². The minimum Gasteiger partial charge on any atom is -0.481 e. The number of carbonyl (C=O) groups is 1. The molecular formula is C11H15ClN2O2S. The quantitative estimate of drug-likeness (QED) is 0.917. The Morgan fingerprint density at radius 3 is 3.18 bits per heavy atom. The molecule has 0 spiro atoms. The number of anilines is 1. The van der Waals surface area contributed by atoms with Crippen molar-refractivity contribution in [3.8, 4) is 0 Å². The first kappa shape index (κ1) is 12.6. The third-order valence-corrected chi connectivity index (χ3v) is 4.24. The second-order valence-corrected chi connectivity index (χ2v) is 5.56. The summed E-state index contributed by atoms with van der Waals surface area (Å²) < 4.78 is 0. The van der Waals surface area contributed by atoms with E-state index in [0.717, 1.165) is 37.5 Å². The van der Waals surface area contributed by atoms with E-state index in [0.29, 0.717) is 11.1 Å². The van der Waals surface area contributed by atoms with Crippen LogP contribution in [0.25, 0.3) is 0 Å². The highest BCUT2D eigenvalue weighted by molar-refractivity contribution is 7.14. The van der Waals surface area contributed by atoms with E-state index in [4.69, 9.17) is 16.7 Å². The predicted octanol–water partition coefficient (Wildman–Crippen LogP) is 2.88. The summed E-state index contributed by atoms with van der Waals surface area (Å²) in [5.41, 5.74) is 0. The van der Waals surface area contributed by atoms with Gasteiger partial charge in [0.15, 0.2) is 5.13 Å². The van der Waals surface area contributed by atoms with Crippen molar-refractivity contribution in [2.45, 2.75) is 25.7 Å². The van der Waals surface area contributed by atoms with Crippen LogP contribution < -0.4 is 4.90 Å². The van der Waals surface area contributed by atoms with Gasteiger partial charge in [-0.3, -0.25) is 4.79 Å². The summed E-state index contributed by atoms with van der Waals surface area (Å²) in [5.74, 6) is -0.248. The maximum absolute atomic E-state index is 10.6. The van der Waals surface area contributed by atoms with Crippen LogP contribution in [0, 0.1) is 5.92 Å². The minimum absolute atomic E-state index is 0.261. The summed E-state index contributed by atoms with van der Waals surface area (Å²) in [4.78, 5) is 17.0. The molecular weight excluding hydrogens is 260 g/mol. The fraction of sp³-hybridized carbons (Fsp3) is 0.636. The molecule has 4 nitrogen and oxygen atoms in total. The van der Waals surface area contributed by atoms with Gasteiger partial charge in [0, 0.05) is 24.9 Å². The summed E-state index contributed by atoms with van der Waals surface area (Å²) in [6.07, 6.45) is 3.23. The van der Waals surface area contributed by atoms with Crippen LogP contribution in [-0.2, 0) is 4.79 Å². The van der Waals surface area contributed by atoms with Crippen molar-refractivity contribution in [3.05, 3.63) is 10.5 Å². The first-order chi connectivity index (χ1) is 8.15. The number of aliphatic carboxylic acids is 1. The first-order valence-electron chi connectivity index (χ1n) is 5.73. The van der Waals surface area contributed by atoms with Gasteiger partial charge in [-0.15, -0.1) is 11.3 Å². The third-order valence-electron chi connectivity index (χ3n) is 3.02. The van der Waals surface area contributed by atoms with E-state index in [-0.39, 0.29) is 6.42 Å². The van der Waals surface area contributed by atoms with Gasteiger partial charge in [-0.25, -0.2) is 4.98 Å². The molecule has 1 aromatic heterocycles. The largest absolute Gasteiger partial charge is 0.481 e. The van der Waals surface area contributed by atoms with Crippen LogP contribution in [-0.4, -0.2) is 29.1 Å². The fourth-order valence-corrected chi connectivity index (χ4v) is 3.18. The number of halogens is 1. The van der Waals surface area contributed by atoms with Crippen molar-refractivity contribution < 1.29 is 9.90 Å². The lowest BCUT2D eigenvalue weighted by Crippen LogP contribution is -2.35. The van der Waals surface area contributed by atoms with E-state index in [9.17, 15) is 4.79 Å². The summed E-state index contributed by atoms with van der Waals surface area (Å²) >= 11 is 7.36. The zero-order chi connectivity index (χ0) is 12.3. The molecule has 1 aliphatic heterocycles. The van der Waals surface area contributed by atoms with E-state index < -0.39 is 5.97 Å². The van der Waals surface area contributed by atoms with Crippen LogP contribution in [0.5, 0.6) is 0 Å². The average molecular weight is 275 g/mol. The molecule has 94 valence electrons. The lowest BCUT2D eigenvalue weighted by atomic mass is 9.94. The number of piperidine rings is 1. The van der Waals surface area contributed by atoms with Crippen LogP contribution in [0.1, 0.15) is 25.7 Å². The van der Waals surface area contributed by atoms with Crippen LogP contribution in [0.15, 0.2) is 5.38 Å². The Morgan fingerprint density at radius 1 is 1.71 bits per heavy atom. The van der Waals surface area contributed by atoms with Crippen molar-refractivity contribution in [2.24, 2.45) is 5.92 Å². The van der Waals surface area contributed by atoms with Crippen LogP contribution in [0.3, 0.4) is 0 Å². The molecule has 1 fully saturated rings. The number of nitrogens with zero attached hydrogens (tertiary/aromatic N) is 2. The smallest absolute Gasteiger partial charge is 0.303 e. The number of thiazole rings is 1. The van der Waals surface area contributed by atoms with Crippen molar-refractivity contribution in [2.75, 3.05) is 18.0 Å². The lowest BCUT2D eigenvalue weighted by Gasteiger charge is -2.32. The second-order valence-electron chi connectivity index (χ2n) is 4.34. The number of aromatic nitrogens is 1. The third kappa shape index (κ3) is 3.57. The van der Waals surface area contributed by atoms with E-state index in [1.54, 1.807) is 11.3 Å². The Bertz CT molecular complexity index is 397. The molecule has 1 aromatic rings. The average Bonchev–Trinajstić information content (AvgIpc) is 2.74. The Hall–Kier alpha value is -0.810. The van der Waals surface area contributed by atoms with Gasteiger partial charge < -0.3 is 10.0 Å². The van der Waals surface area contributed by atoms with Gasteiger partial charge in [0.1, 0.15) is 5.15 Å². The molecule has 2 heterocycles. The molecule has 1 unspecified atom stereocenters. The van der Waals surface area contributed by atoms with Crippen molar-refractivity contribution in [1.29, 1.82) is 0 Å². The van der Waals surface area contributed by atoms with Gasteiger partial charge in [-0.1, -0.05) is 11.6 Å². The number of hydrogen-bond acceptors (Lipinski definition) is 4. The Balaban J connectivity index is 1.90. The van der Waals surface area contributed by atoms with Gasteiger partial charge in [0.2, 0.25) is 0 Å². The zero-order valence-corrected chi connectivity index (χ0v) is 11.0. The molecule has 1 atom stereocenters. The topological polar surface area (TPSA) is 53.4 Å². The van der Waals surface area contributed by atoms with Crippen molar-refractivity contribution >= 4 is 34.0 Å². The SMILES string of the molecule is O=C(O)CCC1CCCN(c2nc(Cl)cs2)C1. The molecule has 6 heteroatoms. The van der Waals surface area contributed by atoms with Gasteiger partial charge in [-0.05, 0) is 25.2 Å². The highest BCUT2D eigenvalue weighted by atomic mass is 35.5. The highest BCUT2D eigenvalue weighted by Gasteiger charge is 2.22. The number of carboxylic acids is 1. The van der Waals surface area contributed by atoms with Crippen molar-refractivity contribution in [1.82, 2.24) is 4.98 Å². The predicted molar refractivity (Wildman–Crippen MR) is 68.9 cm³/mol. The number of hydrogen-bond donors (Lipinski definition) is 1. The molecule has 0 amide bonds. The molecule has 2 rings (SSSR count). The summed E-state index contributed by atoms with van der Waals surface area (Å²) in [6.45, 7) is 1.89. The van der Waals surface area contributed by atoms with Crippen LogP contribution in [0.4, 0.5) is 5.13 Å². The summed E-state index contributed by atoms with van der Waals surface area (Å²) in [7, 11) is 0. The highest BCUT2D eigenvalue weighted by Crippen LogP contribution is 2.29. The molecule has 1 N–H and O–H groups in total. The molecule has 0 saturated carbocycles. The normalized spacial score (nSPS) is 20.5. The number of rotatable bonds is 4. The standard InChI is InChI=1S/C11H15ClN2O2S/c12-9-7-17-11(13-9)14-5-1-2-8(6-14)3-4-10(15)16/h7-8H,1-6H2,(H,15,16). The van der Waals surface area contributed by atoms with E-state index >= 15 is 0 Å². The van der Waals surface area contributed by atoms with E-state index in [1.807, 2.05) is 5.38 Å². The van der Waals surface area contributed by atoms with Gasteiger partial charge in [0.25, 0.3) is 0 Å². The monoisotopic (exact) mass is 274 g/mol. The molecule has 1 saturated heterocycles. The Labute approximate surface area is 109 Å². The summed E-state index contributed by atoms with van der Waals surface area (Å²) in [5, 5.41) is 12.0. The van der Waals surface area contributed by atoms with Gasteiger partial charge in [-0.2, -0.15) is 0 Å². The van der Waals surface area contributed by atoms with E-state index in [2.05, 4.69) is 9.88 Å². The zero-order valence-electron chi connectivity index (χ0n) is 9.43. The Morgan fingerprint density at radius 2 is 2.53 bits per heavy atom. The Kier molecular flexibility index (Phi) is 4.23. The minimum atomic E-state index is -0.709. The lowest BCUT2D eigenvalue weighted by molar-refractivity contribution is -0.137. The molecule has 0 radical (unpaired) electrons. The molecule has 17 heavy (non-hydrogen) atoms. The second kappa shape index (κ2) is 5.69. The molecule has 1 aliphatic rings. The molecule has 0 aliphatic carbocycles. The van der Waals surface area contributed by atoms with Gasteiger partial charge >= 0.3 is 5.97 Å². The summed E-state index contributed by atoms with van der Waals surface area (Å²) in [6, 6.07) is 0. The van der Waals surface area contributed by atoms with Crippen LogP contribution >= 0.6 is 22.9 Å². The van der Waals surface area contributed by atoms with Gasteiger partial charge in [0.05, 0.1) is 0 Å². The maximum Gasteiger partial charge on any atom is 0.303 e. The van der Waals surface area contributed by atoms with E-state index in [1.165, 1.54) is 0 Å².